The maximum atomic E-state index is 6.36. The molecule has 2 heterocycles. The van der Waals surface area contributed by atoms with Gasteiger partial charge in [-0.15, -0.1) is 0 Å². The Balaban J connectivity index is 2.53. The van der Waals surface area contributed by atoms with Crippen molar-refractivity contribution in [1.29, 1.82) is 0 Å². The first-order chi connectivity index (χ1) is 9.72. The van der Waals surface area contributed by atoms with Gasteiger partial charge < -0.3 is 5.32 Å². The molecule has 1 atom stereocenters. The van der Waals surface area contributed by atoms with Crippen LogP contribution in [-0.4, -0.2) is 21.3 Å². The van der Waals surface area contributed by atoms with Gasteiger partial charge in [0.05, 0.1) is 23.0 Å². The zero-order chi connectivity index (χ0) is 14.5. The van der Waals surface area contributed by atoms with E-state index in [0.717, 1.165) is 25.2 Å². The maximum absolute atomic E-state index is 6.36. The molecule has 0 radical (unpaired) electrons. The Morgan fingerprint density at radius 1 is 1.30 bits per heavy atom. The van der Waals surface area contributed by atoms with Crippen molar-refractivity contribution >= 4 is 11.6 Å². The number of halogens is 1. The van der Waals surface area contributed by atoms with E-state index in [-0.39, 0.29) is 6.04 Å². The van der Waals surface area contributed by atoms with Crippen molar-refractivity contribution in [2.75, 3.05) is 6.54 Å². The van der Waals surface area contributed by atoms with E-state index in [1.54, 1.807) is 6.20 Å². The monoisotopic (exact) mass is 292 g/mol. The summed E-state index contributed by atoms with van der Waals surface area (Å²) in [5.41, 5.74) is 3.48. The first kappa shape index (κ1) is 15.0. The fourth-order valence-electron chi connectivity index (χ4n) is 2.48. The molecule has 0 aliphatic rings. The highest BCUT2D eigenvalue weighted by Gasteiger charge is 2.22. The number of hydrogen-bond acceptors (Lipinski definition) is 3. The van der Waals surface area contributed by atoms with Crippen LogP contribution in [0.3, 0.4) is 0 Å². The van der Waals surface area contributed by atoms with Gasteiger partial charge in [0, 0.05) is 18.9 Å². The highest BCUT2D eigenvalue weighted by molar-refractivity contribution is 6.31. The Labute approximate surface area is 125 Å². The summed E-state index contributed by atoms with van der Waals surface area (Å²) in [6, 6.07) is 2.11. The summed E-state index contributed by atoms with van der Waals surface area (Å²) in [5, 5.41) is 8.57. The highest BCUT2D eigenvalue weighted by atomic mass is 35.5. The van der Waals surface area contributed by atoms with Gasteiger partial charge >= 0.3 is 0 Å². The molecule has 0 spiro atoms. The smallest absolute Gasteiger partial charge is 0.0837 e. The molecule has 2 aromatic heterocycles. The lowest BCUT2D eigenvalue weighted by molar-refractivity contribution is 0.540. The quantitative estimate of drug-likeness (QED) is 0.889. The molecular formula is C15H21ClN4. The zero-order valence-electron chi connectivity index (χ0n) is 12.2. The van der Waals surface area contributed by atoms with Crippen molar-refractivity contribution in [1.82, 2.24) is 20.1 Å². The van der Waals surface area contributed by atoms with Crippen LogP contribution in [0.2, 0.25) is 5.02 Å². The van der Waals surface area contributed by atoms with Crippen LogP contribution in [0.5, 0.6) is 0 Å². The molecule has 2 rings (SSSR count). The SMILES string of the molecule is CCNC(c1ccncc1CC)c1c(Cl)cnn1CC. The van der Waals surface area contributed by atoms with Gasteiger partial charge in [0.2, 0.25) is 0 Å². The summed E-state index contributed by atoms with van der Waals surface area (Å²) in [5.74, 6) is 0. The van der Waals surface area contributed by atoms with Crippen LogP contribution in [0.4, 0.5) is 0 Å². The molecule has 1 N–H and O–H groups in total. The molecule has 20 heavy (non-hydrogen) atoms. The third kappa shape index (κ3) is 2.86. The summed E-state index contributed by atoms with van der Waals surface area (Å²) >= 11 is 6.36. The third-order valence-corrected chi connectivity index (χ3v) is 3.74. The molecule has 108 valence electrons. The van der Waals surface area contributed by atoms with E-state index in [1.807, 2.05) is 17.1 Å². The van der Waals surface area contributed by atoms with Crippen LogP contribution < -0.4 is 5.32 Å². The van der Waals surface area contributed by atoms with E-state index in [9.17, 15) is 0 Å². The van der Waals surface area contributed by atoms with Crippen molar-refractivity contribution in [3.05, 3.63) is 46.5 Å². The predicted molar refractivity (Wildman–Crippen MR) is 82.0 cm³/mol. The molecule has 5 heteroatoms. The standard InChI is InChI=1S/C15H21ClN4/c1-4-11-9-17-8-7-12(11)14(18-5-2)15-13(16)10-19-20(15)6-3/h7-10,14,18H,4-6H2,1-3H3. The zero-order valence-corrected chi connectivity index (χ0v) is 13.0. The van der Waals surface area contributed by atoms with Gasteiger partial charge in [-0.2, -0.15) is 5.10 Å². The third-order valence-electron chi connectivity index (χ3n) is 3.45. The summed E-state index contributed by atoms with van der Waals surface area (Å²) < 4.78 is 1.95. The van der Waals surface area contributed by atoms with E-state index in [1.165, 1.54) is 11.1 Å². The molecule has 0 aromatic carbocycles. The van der Waals surface area contributed by atoms with Gasteiger partial charge in [0.1, 0.15) is 0 Å². The van der Waals surface area contributed by atoms with Crippen molar-refractivity contribution in [2.45, 2.75) is 39.8 Å². The highest BCUT2D eigenvalue weighted by Crippen LogP contribution is 2.30. The van der Waals surface area contributed by atoms with Gasteiger partial charge in [-0.25, -0.2) is 0 Å². The summed E-state index contributed by atoms with van der Waals surface area (Å²) in [4.78, 5) is 4.22. The van der Waals surface area contributed by atoms with Crippen LogP contribution in [-0.2, 0) is 13.0 Å². The van der Waals surface area contributed by atoms with Gasteiger partial charge in [-0.1, -0.05) is 25.4 Å². The topological polar surface area (TPSA) is 42.7 Å². The van der Waals surface area contributed by atoms with Crippen LogP contribution in [0.15, 0.2) is 24.7 Å². The van der Waals surface area contributed by atoms with E-state index < -0.39 is 0 Å². The molecule has 4 nitrogen and oxygen atoms in total. The average molecular weight is 293 g/mol. The van der Waals surface area contributed by atoms with E-state index >= 15 is 0 Å². The summed E-state index contributed by atoms with van der Waals surface area (Å²) in [6.07, 6.45) is 6.43. The Kier molecular flexibility index (Phi) is 5.15. The van der Waals surface area contributed by atoms with Crippen LogP contribution >= 0.6 is 11.6 Å². The fourth-order valence-corrected chi connectivity index (χ4v) is 2.73. The lowest BCUT2D eigenvalue weighted by atomic mass is 9.98. The molecule has 0 bridgehead atoms. The summed E-state index contributed by atoms with van der Waals surface area (Å²) in [7, 11) is 0. The number of nitrogens with one attached hydrogen (secondary N) is 1. The van der Waals surface area contributed by atoms with Gasteiger partial charge in [0.15, 0.2) is 0 Å². The minimum absolute atomic E-state index is 0.0490. The summed E-state index contributed by atoms with van der Waals surface area (Å²) in [6.45, 7) is 7.98. The van der Waals surface area contributed by atoms with E-state index in [2.05, 4.69) is 42.2 Å². The molecule has 0 saturated heterocycles. The molecule has 0 aliphatic heterocycles. The van der Waals surface area contributed by atoms with Crippen molar-refractivity contribution < 1.29 is 0 Å². The normalized spacial score (nSPS) is 12.6. The van der Waals surface area contributed by atoms with Crippen LogP contribution in [0, 0.1) is 0 Å². The Bertz CT molecular complexity index is 565. The van der Waals surface area contributed by atoms with E-state index in [4.69, 9.17) is 11.6 Å². The fraction of sp³-hybridized carbons (Fsp3) is 0.467. The second-order valence-corrected chi connectivity index (χ2v) is 5.02. The lowest BCUT2D eigenvalue weighted by Gasteiger charge is -2.22. The first-order valence-corrected chi connectivity index (χ1v) is 7.48. The molecule has 0 saturated carbocycles. The van der Waals surface area contributed by atoms with E-state index in [0.29, 0.717) is 5.02 Å². The molecule has 2 aromatic rings. The van der Waals surface area contributed by atoms with Gasteiger partial charge in [-0.05, 0) is 37.1 Å². The van der Waals surface area contributed by atoms with Crippen LogP contribution in [0.1, 0.15) is 43.6 Å². The van der Waals surface area contributed by atoms with Crippen molar-refractivity contribution in [3.8, 4) is 0 Å². The average Bonchev–Trinajstić information content (AvgIpc) is 2.85. The lowest BCUT2D eigenvalue weighted by Crippen LogP contribution is -2.26. The minimum atomic E-state index is 0.0490. The number of rotatable bonds is 6. The Hall–Kier alpha value is -1.39. The molecule has 0 amide bonds. The number of aromatic nitrogens is 3. The molecule has 0 aliphatic carbocycles. The number of hydrogen-bond donors (Lipinski definition) is 1. The van der Waals surface area contributed by atoms with Crippen LogP contribution in [0.25, 0.3) is 0 Å². The number of nitrogens with zero attached hydrogens (tertiary/aromatic N) is 3. The molecule has 1 unspecified atom stereocenters. The maximum Gasteiger partial charge on any atom is 0.0837 e. The Morgan fingerprint density at radius 2 is 2.10 bits per heavy atom. The minimum Gasteiger partial charge on any atom is -0.305 e. The molecule has 0 fully saturated rings. The largest absolute Gasteiger partial charge is 0.305 e. The van der Waals surface area contributed by atoms with Crippen molar-refractivity contribution in [3.63, 3.8) is 0 Å². The van der Waals surface area contributed by atoms with Gasteiger partial charge in [0.25, 0.3) is 0 Å². The predicted octanol–water partition coefficient (Wildman–Crippen LogP) is 3.21. The molecular weight excluding hydrogens is 272 g/mol. The second-order valence-electron chi connectivity index (χ2n) is 4.61. The Morgan fingerprint density at radius 3 is 2.75 bits per heavy atom. The first-order valence-electron chi connectivity index (χ1n) is 7.10. The van der Waals surface area contributed by atoms with Crippen molar-refractivity contribution in [2.24, 2.45) is 0 Å². The van der Waals surface area contributed by atoms with Gasteiger partial charge in [-0.3, -0.25) is 9.67 Å². The number of aryl methyl sites for hydroxylation is 2. The second kappa shape index (κ2) is 6.86. The number of pyridine rings is 1.